The average molecular weight is 499 g/mol. The third-order valence-electron chi connectivity index (χ3n) is 5.61. The summed E-state index contributed by atoms with van der Waals surface area (Å²) in [5, 5.41) is 12.6. The first-order chi connectivity index (χ1) is 17.5. The summed E-state index contributed by atoms with van der Waals surface area (Å²) in [7, 11) is 0. The number of amides is 1. The van der Waals surface area contributed by atoms with Crippen molar-refractivity contribution in [2.75, 3.05) is 5.32 Å². The SMILES string of the molecule is CC(C)N(C=O)/C(Cl)=C/Oc1cccc(-c2nc(Nc3ccc4[nH]ncc4c3)c3ccccc3n2)c1. The summed E-state index contributed by atoms with van der Waals surface area (Å²) in [5.41, 5.74) is 3.43. The standard InChI is InChI=1S/C27H23ClN6O2/c1-17(2)34(16-35)25(28)15-36-21-7-5-6-18(13-21)26-31-24-9-4-3-8-22(24)27(32-26)30-20-10-11-23-19(12-20)14-29-33-23/h3-17H,1-2H3,(H,29,33)(H,30,31,32)/b25-15+. The maximum atomic E-state index is 11.3. The molecule has 0 fully saturated rings. The zero-order valence-electron chi connectivity index (χ0n) is 19.6. The van der Waals surface area contributed by atoms with Crippen molar-refractivity contribution in [3.8, 4) is 17.1 Å². The topological polar surface area (TPSA) is 96.0 Å². The Balaban J connectivity index is 1.48. The van der Waals surface area contributed by atoms with Crippen molar-refractivity contribution in [1.82, 2.24) is 25.1 Å². The predicted octanol–water partition coefficient (Wildman–Crippen LogP) is 6.20. The van der Waals surface area contributed by atoms with Gasteiger partial charge in [-0.1, -0.05) is 35.9 Å². The third kappa shape index (κ3) is 4.85. The van der Waals surface area contributed by atoms with Crippen molar-refractivity contribution in [1.29, 1.82) is 0 Å². The number of nitrogens with one attached hydrogen (secondary N) is 2. The van der Waals surface area contributed by atoms with Crippen molar-refractivity contribution in [2.45, 2.75) is 19.9 Å². The number of rotatable bonds is 8. The monoisotopic (exact) mass is 498 g/mol. The molecule has 0 saturated carbocycles. The number of aromatic nitrogens is 4. The van der Waals surface area contributed by atoms with Crippen molar-refractivity contribution in [2.24, 2.45) is 0 Å². The molecule has 0 saturated heterocycles. The van der Waals surface area contributed by atoms with Gasteiger partial charge in [0, 0.05) is 28.1 Å². The minimum absolute atomic E-state index is 0.0904. The Bertz CT molecular complexity index is 1580. The Hall–Kier alpha value is -4.43. The first-order valence-corrected chi connectivity index (χ1v) is 11.7. The van der Waals surface area contributed by atoms with Gasteiger partial charge >= 0.3 is 0 Å². The molecule has 9 heteroatoms. The van der Waals surface area contributed by atoms with Crippen LogP contribution in [0.4, 0.5) is 11.5 Å². The molecule has 180 valence electrons. The predicted molar refractivity (Wildman–Crippen MR) is 142 cm³/mol. The van der Waals surface area contributed by atoms with E-state index >= 15 is 0 Å². The van der Waals surface area contributed by atoms with Gasteiger partial charge in [-0.2, -0.15) is 5.10 Å². The summed E-state index contributed by atoms with van der Waals surface area (Å²) in [6.07, 6.45) is 3.80. The lowest BCUT2D eigenvalue weighted by Crippen LogP contribution is -2.26. The molecule has 0 aliphatic rings. The molecule has 3 aromatic carbocycles. The first-order valence-electron chi connectivity index (χ1n) is 11.3. The summed E-state index contributed by atoms with van der Waals surface area (Å²) in [6, 6.07) is 21.1. The number of para-hydroxylation sites is 1. The minimum atomic E-state index is -0.0904. The number of carbonyl (C=O) groups excluding carboxylic acids is 1. The zero-order valence-corrected chi connectivity index (χ0v) is 20.4. The van der Waals surface area contributed by atoms with E-state index in [2.05, 4.69) is 15.5 Å². The van der Waals surface area contributed by atoms with E-state index in [0.717, 1.165) is 33.1 Å². The van der Waals surface area contributed by atoms with Crippen molar-refractivity contribution in [3.05, 3.63) is 84.3 Å². The quantitative estimate of drug-likeness (QED) is 0.150. The summed E-state index contributed by atoms with van der Waals surface area (Å²) >= 11 is 6.23. The van der Waals surface area contributed by atoms with Crippen LogP contribution in [0, 0.1) is 0 Å². The number of benzene rings is 3. The Kier molecular flexibility index (Phi) is 6.51. The van der Waals surface area contributed by atoms with E-state index in [1.807, 2.05) is 74.5 Å². The van der Waals surface area contributed by atoms with Gasteiger partial charge in [0.25, 0.3) is 0 Å². The van der Waals surface area contributed by atoms with E-state index in [0.29, 0.717) is 23.8 Å². The van der Waals surface area contributed by atoms with Gasteiger partial charge in [-0.3, -0.25) is 9.89 Å². The van der Waals surface area contributed by atoms with Crippen LogP contribution in [0.3, 0.4) is 0 Å². The molecule has 2 heterocycles. The molecule has 0 aliphatic heterocycles. The number of anilines is 2. The largest absolute Gasteiger partial charge is 0.462 e. The van der Waals surface area contributed by atoms with E-state index < -0.39 is 0 Å². The zero-order chi connectivity index (χ0) is 25.1. The molecule has 0 spiro atoms. The number of hydrogen-bond donors (Lipinski definition) is 2. The summed E-state index contributed by atoms with van der Waals surface area (Å²) in [4.78, 5) is 22.3. The van der Waals surface area contributed by atoms with Gasteiger partial charge in [-0.15, -0.1) is 0 Å². The van der Waals surface area contributed by atoms with Crippen LogP contribution in [0.1, 0.15) is 13.8 Å². The van der Waals surface area contributed by atoms with Crippen LogP contribution in [0.2, 0.25) is 0 Å². The molecule has 0 aliphatic carbocycles. The van der Waals surface area contributed by atoms with Gasteiger partial charge in [-0.05, 0) is 56.3 Å². The highest BCUT2D eigenvalue weighted by atomic mass is 35.5. The van der Waals surface area contributed by atoms with Crippen LogP contribution >= 0.6 is 11.6 Å². The number of aromatic amines is 1. The fourth-order valence-electron chi connectivity index (χ4n) is 3.76. The number of hydrogen-bond acceptors (Lipinski definition) is 6. The maximum Gasteiger partial charge on any atom is 0.215 e. The second-order valence-electron chi connectivity index (χ2n) is 8.40. The molecule has 5 aromatic rings. The number of H-pyrrole nitrogens is 1. The first kappa shape index (κ1) is 23.3. The molecule has 0 atom stereocenters. The highest BCUT2D eigenvalue weighted by Gasteiger charge is 2.13. The molecule has 0 bridgehead atoms. The van der Waals surface area contributed by atoms with Gasteiger partial charge in [0.15, 0.2) is 5.82 Å². The fourth-order valence-corrected chi connectivity index (χ4v) is 4.04. The molecule has 2 aromatic heterocycles. The molecular weight excluding hydrogens is 476 g/mol. The Morgan fingerprint density at radius 2 is 1.94 bits per heavy atom. The molecular formula is C27H23ClN6O2. The summed E-state index contributed by atoms with van der Waals surface area (Å²) in [5.74, 6) is 1.76. The Labute approximate surface area is 212 Å². The van der Waals surface area contributed by atoms with Crippen LogP contribution in [0.25, 0.3) is 33.2 Å². The van der Waals surface area contributed by atoms with E-state index in [4.69, 9.17) is 26.3 Å². The van der Waals surface area contributed by atoms with Crippen LogP contribution in [0.5, 0.6) is 5.75 Å². The molecule has 0 radical (unpaired) electrons. The van der Waals surface area contributed by atoms with Gasteiger partial charge < -0.3 is 15.0 Å². The lowest BCUT2D eigenvalue weighted by atomic mass is 10.1. The number of ether oxygens (including phenoxy) is 1. The van der Waals surface area contributed by atoms with Crippen LogP contribution < -0.4 is 10.1 Å². The van der Waals surface area contributed by atoms with E-state index in [-0.39, 0.29) is 11.2 Å². The van der Waals surface area contributed by atoms with E-state index in [1.54, 1.807) is 12.3 Å². The summed E-state index contributed by atoms with van der Waals surface area (Å²) in [6.45, 7) is 3.72. The fraction of sp³-hybridized carbons (Fsp3) is 0.111. The van der Waals surface area contributed by atoms with Gasteiger partial charge in [0.05, 0.1) is 17.2 Å². The number of halogens is 1. The number of fused-ring (bicyclic) bond motifs is 2. The average Bonchev–Trinajstić information content (AvgIpc) is 3.36. The van der Waals surface area contributed by atoms with E-state index in [1.165, 1.54) is 11.2 Å². The third-order valence-corrected chi connectivity index (χ3v) is 5.89. The van der Waals surface area contributed by atoms with Gasteiger partial charge in [0.2, 0.25) is 6.41 Å². The van der Waals surface area contributed by atoms with Crippen LogP contribution in [-0.4, -0.2) is 37.5 Å². The Morgan fingerprint density at radius 3 is 2.78 bits per heavy atom. The highest BCUT2D eigenvalue weighted by Crippen LogP contribution is 2.30. The van der Waals surface area contributed by atoms with Crippen LogP contribution in [0.15, 0.2) is 84.3 Å². The number of carbonyl (C=O) groups is 1. The number of nitrogens with zero attached hydrogens (tertiary/aromatic N) is 4. The van der Waals surface area contributed by atoms with Gasteiger partial charge in [-0.25, -0.2) is 9.97 Å². The molecule has 5 rings (SSSR count). The molecule has 36 heavy (non-hydrogen) atoms. The smallest absolute Gasteiger partial charge is 0.215 e. The Morgan fingerprint density at radius 1 is 1.08 bits per heavy atom. The molecule has 1 amide bonds. The highest BCUT2D eigenvalue weighted by molar-refractivity contribution is 6.29. The van der Waals surface area contributed by atoms with E-state index in [9.17, 15) is 4.79 Å². The van der Waals surface area contributed by atoms with Crippen molar-refractivity contribution in [3.63, 3.8) is 0 Å². The molecule has 0 unspecified atom stereocenters. The minimum Gasteiger partial charge on any atom is -0.462 e. The lowest BCUT2D eigenvalue weighted by molar-refractivity contribution is -0.117. The second kappa shape index (κ2) is 10.1. The van der Waals surface area contributed by atoms with Crippen LogP contribution in [-0.2, 0) is 4.79 Å². The second-order valence-corrected chi connectivity index (χ2v) is 8.79. The normalized spacial score (nSPS) is 11.7. The maximum absolute atomic E-state index is 11.3. The lowest BCUT2D eigenvalue weighted by Gasteiger charge is -2.20. The molecule has 8 nitrogen and oxygen atoms in total. The van der Waals surface area contributed by atoms with Gasteiger partial charge in [0.1, 0.15) is 23.0 Å². The van der Waals surface area contributed by atoms with Crippen molar-refractivity contribution < 1.29 is 9.53 Å². The molecule has 2 N–H and O–H groups in total. The summed E-state index contributed by atoms with van der Waals surface area (Å²) < 4.78 is 5.73. The van der Waals surface area contributed by atoms with Crippen molar-refractivity contribution >= 4 is 51.3 Å².